The van der Waals surface area contributed by atoms with Crippen LogP contribution in [0, 0.1) is 11.3 Å². The fraction of sp³-hybridized carbons (Fsp3) is 0.917. The minimum atomic E-state index is 0.263. The molecule has 82 valence electrons. The van der Waals surface area contributed by atoms with E-state index in [2.05, 4.69) is 27.7 Å². The second-order valence-electron chi connectivity index (χ2n) is 5.44. The Bertz CT molecular complexity index is 199. The van der Waals surface area contributed by atoms with Gasteiger partial charge in [0.25, 0.3) is 0 Å². The van der Waals surface area contributed by atoms with Gasteiger partial charge in [-0.25, -0.2) is 0 Å². The molecule has 1 nitrogen and oxygen atoms in total. The Morgan fingerprint density at radius 2 is 2.14 bits per heavy atom. The maximum atomic E-state index is 11.9. The van der Waals surface area contributed by atoms with E-state index in [1.807, 2.05) is 11.8 Å². The lowest BCUT2D eigenvalue weighted by Gasteiger charge is -2.27. The van der Waals surface area contributed by atoms with E-state index in [0.29, 0.717) is 17.0 Å². The van der Waals surface area contributed by atoms with Gasteiger partial charge in [0.2, 0.25) is 0 Å². The monoisotopic (exact) mass is 214 g/mol. The zero-order valence-corrected chi connectivity index (χ0v) is 10.6. The van der Waals surface area contributed by atoms with E-state index < -0.39 is 0 Å². The third-order valence-corrected chi connectivity index (χ3v) is 4.70. The molecule has 1 heterocycles. The van der Waals surface area contributed by atoms with Gasteiger partial charge in [0.15, 0.2) is 0 Å². The largest absolute Gasteiger partial charge is 0.298 e. The summed E-state index contributed by atoms with van der Waals surface area (Å²) in [4.78, 5) is 11.9. The van der Waals surface area contributed by atoms with Crippen molar-refractivity contribution in [2.24, 2.45) is 11.3 Å². The number of hydrogen-bond acceptors (Lipinski definition) is 2. The van der Waals surface area contributed by atoms with Crippen molar-refractivity contribution in [3.8, 4) is 0 Å². The molecule has 0 aliphatic carbocycles. The molecule has 14 heavy (non-hydrogen) atoms. The van der Waals surface area contributed by atoms with Gasteiger partial charge in [0, 0.05) is 6.42 Å². The van der Waals surface area contributed by atoms with Crippen LogP contribution in [0.15, 0.2) is 0 Å². The highest BCUT2D eigenvalue weighted by molar-refractivity contribution is 8.00. The molecule has 0 N–H and O–H groups in total. The molecule has 1 saturated heterocycles. The van der Waals surface area contributed by atoms with Gasteiger partial charge >= 0.3 is 0 Å². The van der Waals surface area contributed by atoms with E-state index in [9.17, 15) is 4.79 Å². The van der Waals surface area contributed by atoms with Gasteiger partial charge in [0.05, 0.1) is 5.25 Å². The van der Waals surface area contributed by atoms with Crippen molar-refractivity contribution < 1.29 is 4.79 Å². The number of thioether (sulfide) groups is 1. The Balaban J connectivity index is 2.40. The van der Waals surface area contributed by atoms with Crippen LogP contribution in [-0.4, -0.2) is 16.8 Å². The summed E-state index contributed by atoms with van der Waals surface area (Å²) < 4.78 is 0. The first-order chi connectivity index (χ1) is 6.41. The second kappa shape index (κ2) is 4.69. The van der Waals surface area contributed by atoms with Crippen LogP contribution in [0.25, 0.3) is 0 Å². The molecule has 0 saturated carbocycles. The van der Waals surface area contributed by atoms with Crippen molar-refractivity contribution in [1.82, 2.24) is 0 Å². The Labute approximate surface area is 92.0 Å². The predicted molar refractivity (Wildman–Crippen MR) is 63.7 cm³/mol. The number of Topliss-reactive ketones (excluding diaryl/α,β-unsaturated/α-hetero) is 1. The fourth-order valence-electron chi connectivity index (χ4n) is 1.57. The number of ketones is 1. The Kier molecular flexibility index (Phi) is 4.05. The van der Waals surface area contributed by atoms with Crippen molar-refractivity contribution in [3.05, 3.63) is 0 Å². The summed E-state index contributed by atoms with van der Waals surface area (Å²) in [6, 6.07) is 0. The van der Waals surface area contributed by atoms with E-state index in [1.54, 1.807) is 0 Å². The van der Waals surface area contributed by atoms with Gasteiger partial charge in [0.1, 0.15) is 5.78 Å². The van der Waals surface area contributed by atoms with Crippen molar-refractivity contribution in [2.45, 2.75) is 52.2 Å². The van der Waals surface area contributed by atoms with E-state index in [1.165, 1.54) is 12.2 Å². The summed E-state index contributed by atoms with van der Waals surface area (Å²) in [7, 11) is 0. The molecule has 1 aliphatic heterocycles. The lowest BCUT2D eigenvalue weighted by molar-refractivity contribution is -0.120. The third-order valence-electron chi connectivity index (χ3n) is 3.27. The minimum absolute atomic E-state index is 0.263. The average Bonchev–Trinajstić information content (AvgIpc) is 2.53. The van der Waals surface area contributed by atoms with Crippen LogP contribution in [0.4, 0.5) is 0 Å². The highest BCUT2D eigenvalue weighted by Gasteiger charge is 2.28. The van der Waals surface area contributed by atoms with Crippen molar-refractivity contribution in [2.75, 3.05) is 5.75 Å². The topological polar surface area (TPSA) is 17.1 Å². The molecule has 2 atom stereocenters. The molecule has 0 spiro atoms. The summed E-state index contributed by atoms with van der Waals surface area (Å²) in [5.41, 5.74) is 0.263. The Morgan fingerprint density at radius 1 is 1.50 bits per heavy atom. The third kappa shape index (κ3) is 3.30. The van der Waals surface area contributed by atoms with Crippen molar-refractivity contribution >= 4 is 17.5 Å². The Hall–Kier alpha value is 0.0200. The molecule has 0 aromatic carbocycles. The van der Waals surface area contributed by atoms with E-state index >= 15 is 0 Å². The maximum absolute atomic E-state index is 11.9. The number of rotatable bonds is 3. The summed E-state index contributed by atoms with van der Waals surface area (Å²) in [5, 5.41) is 0.319. The zero-order chi connectivity index (χ0) is 10.8. The highest BCUT2D eigenvalue weighted by atomic mass is 32.2. The lowest BCUT2D eigenvalue weighted by atomic mass is 9.79. The summed E-state index contributed by atoms with van der Waals surface area (Å²) >= 11 is 1.85. The molecule has 1 aliphatic rings. The molecular formula is C12H22OS. The first-order valence-corrected chi connectivity index (χ1v) is 6.60. The zero-order valence-electron chi connectivity index (χ0n) is 9.80. The summed E-state index contributed by atoms with van der Waals surface area (Å²) in [6.45, 7) is 8.84. The van der Waals surface area contributed by atoms with E-state index in [0.717, 1.165) is 12.8 Å². The van der Waals surface area contributed by atoms with Crippen molar-refractivity contribution in [1.29, 1.82) is 0 Å². The van der Waals surface area contributed by atoms with Gasteiger partial charge in [-0.15, -0.1) is 0 Å². The number of carbonyl (C=O) groups excluding carboxylic acids is 1. The van der Waals surface area contributed by atoms with Crippen LogP contribution in [0.2, 0.25) is 0 Å². The molecular weight excluding hydrogens is 192 g/mol. The highest BCUT2D eigenvalue weighted by Crippen LogP contribution is 2.33. The smallest absolute Gasteiger partial charge is 0.146 e. The average molecular weight is 214 g/mol. The molecule has 2 unspecified atom stereocenters. The van der Waals surface area contributed by atoms with E-state index in [4.69, 9.17) is 0 Å². The van der Waals surface area contributed by atoms with Gasteiger partial charge in [-0.1, -0.05) is 27.7 Å². The molecule has 0 amide bonds. The number of carbonyl (C=O) groups is 1. The molecule has 2 heteroatoms. The van der Waals surface area contributed by atoms with Gasteiger partial charge < -0.3 is 0 Å². The SMILES string of the molecule is CC(CC(=O)C1CCCS1)C(C)(C)C. The van der Waals surface area contributed by atoms with Gasteiger partial charge in [-0.2, -0.15) is 11.8 Å². The van der Waals surface area contributed by atoms with Gasteiger partial charge in [-0.3, -0.25) is 4.79 Å². The number of hydrogen-bond donors (Lipinski definition) is 0. The summed E-state index contributed by atoms with van der Waals surface area (Å²) in [5.74, 6) is 2.16. The normalized spacial score (nSPS) is 25.0. The summed E-state index contributed by atoms with van der Waals surface area (Å²) in [6.07, 6.45) is 3.10. The Morgan fingerprint density at radius 3 is 2.57 bits per heavy atom. The van der Waals surface area contributed by atoms with Crippen LogP contribution < -0.4 is 0 Å². The van der Waals surface area contributed by atoms with Crippen LogP contribution in [-0.2, 0) is 4.79 Å². The van der Waals surface area contributed by atoms with Crippen LogP contribution in [0.1, 0.15) is 47.0 Å². The molecule has 0 radical (unpaired) electrons. The lowest BCUT2D eigenvalue weighted by Crippen LogP contribution is -2.24. The molecule has 1 fully saturated rings. The van der Waals surface area contributed by atoms with Crippen LogP contribution in [0.3, 0.4) is 0 Å². The van der Waals surface area contributed by atoms with Gasteiger partial charge in [-0.05, 0) is 29.9 Å². The first-order valence-electron chi connectivity index (χ1n) is 5.55. The quantitative estimate of drug-likeness (QED) is 0.715. The van der Waals surface area contributed by atoms with Crippen molar-refractivity contribution in [3.63, 3.8) is 0 Å². The first kappa shape index (κ1) is 12.1. The van der Waals surface area contributed by atoms with E-state index in [-0.39, 0.29) is 5.41 Å². The van der Waals surface area contributed by atoms with Crippen LogP contribution >= 0.6 is 11.8 Å². The molecule has 0 aromatic heterocycles. The predicted octanol–water partition coefficient (Wildman–Crippen LogP) is 3.52. The van der Waals surface area contributed by atoms with Crippen LogP contribution in [0.5, 0.6) is 0 Å². The standard InChI is InChI=1S/C12H22OS/c1-9(12(2,3)4)8-10(13)11-6-5-7-14-11/h9,11H,5-8H2,1-4H3. The molecule has 1 rings (SSSR count). The fourth-order valence-corrected chi connectivity index (χ4v) is 2.80. The minimum Gasteiger partial charge on any atom is -0.298 e. The molecule has 0 bridgehead atoms. The maximum Gasteiger partial charge on any atom is 0.146 e. The molecule has 0 aromatic rings. The second-order valence-corrected chi connectivity index (χ2v) is 6.75.